The molecule has 1 N–H and O–H groups in total. The maximum Gasteiger partial charge on any atom is 0.331 e. The molecule has 1 saturated carbocycles. The quantitative estimate of drug-likeness (QED) is 0.484. The van der Waals surface area contributed by atoms with Crippen LogP contribution in [-0.2, 0) is 9.53 Å². The Bertz CT molecular complexity index is 430. The second kappa shape index (κ2) is 4.48. The molecule has 0 heterocycles. The summed E-state index contributed by atoms with van der Waals surface area (Å²) in [6.45, 7) is 9.12. The first kappa shape index (κ1) is 14.3. The lowest BCUT2D eigenvalue weighted by atomic mass is 9.56. The van der Waals surface area contributed by atoms with Crippen LogP contribution in [-0.4, -0.2) is 22.3 Å². The molecular weight excluding hydrogens is 240 g/mol. The van der Waals surface area contributed by atoms with Crippen LogP contribution in [0.15, 0.2) is 24.3 Å². The molecule has 0 aliphatic heterocycles. The second-order valence-electron chi connectivity index (χ2n) is 6.79. The normalized spacial score (nSPS) is 34.4. The maximum absolute atomic E-state index is 11.5. The Morgan fingerprint density at radius 1 is 1.58 bits per heavy atom. The molecule has 19 heavy (non-hydrogen) atoms. The van der Waals surface area contributed by atoms with Gasteiger partial charge in [0, 0.05) is 11.5 Å². The van der Waals surface area contributed by atoms with Crippen molar-refractivity contribution in [3.8, 4) is 0 Å². The van der Waals surface area contributed by atoms with Crippen molar-refractivity contribution in [2.75, 3.05) is 0 Å². The van der Waals surface area contributed by atoms with Crippen molar-refractivity contribution in [2.24, 2.45) is 5.41 Å². The topological polar surface area (TPSA) is 46.5 Å². The molecule has 2 unspecified atom stereocenters. The number of hydrogen-bond donors (Lipinski definition) is 1. The monoisotopic (exact) mass is 264 g/mol. The zero-order valence-corrected chi connectivity index (χ0v) is 12.2. The van der Waals surface area contributed by atoms with Crippen LogP contribution in [0.1, 0.15) is 52.9 Å². The van der Waals surface area contributed by atoms with Crippen molar-refractivity contribution in [1.82, 2.24) is 0 Å². The van der Waals surface area contributed by atoms with E-state index in [1.807, 2.05) is 20.8 Å². The van der Waals surface area contributed by atoms with Gasteiger partial charge in [0.05, 0.1) is 5.60 Å². The van der Waals surface area contributed by atoms with Crippen LogP contribution in [0.25, 0.3) is 0 Å². The lowest BCUT2D eigenvalue weighted by molar-refractivity contribution is -0.160. The molecule has 2 rings (SSSR count). The maximum atomic E-state index is 11.5. The van der Waals surface area contributed by atoms with E-state index in [1.165, 1.54) is 11.6 Å². The van der Waals surface area contributed by atoms with Gasteiger partial charge in [-0.1, -0.05) is 12.2 Å². The summed E-state index contributed by atoms with van der Waals surface area (Å²) >= 11 is 0. The van der Waals surface area contributed by atoms with Crippen molar-refractivity contribution < 1.29 is 14.6 Å². The molecule has 2 atom stereocenters. The smallest absolute Gasteiger partial charge is 0.331 e. The van der Waals surface area contributed by atoms with E-state index in [-0.39, 0.29) is 5.41 Å². The van der Waals surface area contributed by atoms with Crippen LogP contribution in [0.4, 0.5) is 0 Å². The summed E-state index contributed by atoms with van der Waals surface area (Å²) in [4.78, 5) is 11.5. The molecular formula is C16H24O3. The van der Waals surface area contributed by atoms with Gasteiger partial charge in [-0.2, -0.15) is 0 Å². The highest BCUT2D eigenvalue weighted by Crippen LogP contribution is 2.55. The first-order valence-corrected chi connectivity index (χ1v) is 6.98. The Hall–Kier alpha value is -1.09. The zero-order chi connectivity index (χ0) is 14.3. The summed E-state index contributed by atoms with van der Waals surface area (Å²) in [6, 6.07) is 0. The summed E-state index contributed by atoms with van der Waals surface area (Å²) in [6.07, 6.45) is 7.99. The van der Waals surface area contributed by atoms with E-state index < -0.39 is 17.2 Å². The first-order valence-electron chi connectivity index (χ1n) is 6.98. The molecule has 0 amide bonds. The number of ether oxygens (including phenoxy) is 1. The Morgan fingerprint density at radius 3 is 2.84 bits per heavy atom. The minimum Gasteiger partial charge on any atom is -0.452 e. The first-order chi connectivity index (χ1) is 8.70. The average molecular weight is 264 g/mol. The number of carbonyl (C=O) groups is 1. The van der Waals surface area contributed by atoms with Gasteiger partial charge in [-0.05, 0) is 59.0 Å². The Labute approximate surface area is 115 Å². The molecule has 2 bridgehead atoms. The van der Waals surface area contributed by atoms with Crippen LogP contribution in [0.3, 0.4) is 0 Å². The van der Waals surface area contributed by atoms with Gasteiger partial charge in [-0.3, -0.25) is 0 Å². The van der Waals surface area contributed by atoms with Crippen LogP contribution < -0.4 is 0 Å². The van der Waals surface area contributed by atoms with Gasteiger partial charge in [0.25, 0.3) is 0 Å². The fourth-order valence-corrected chi connectivity index (χ4v) is 3.77. The van der Waals surface area contributed by atoms with Crippen molar-refractivity contribution >= 4 is 5.97 Å². The summed E-state index contributed by atoms with van der Waals surface area (Å²) < 4.78 is 5.54. The molecule has 2 aliphatic rings. The van der Waals surface area contributed by atoms with E-state index >= 15 is 0 Å². The third-order valence-corrected chi connectivity index (χ3v) is 4.72. The highest BCUT2D eigenvalue weighted by atomic mass is 16.6. The summed E-state index contributed by atoms with van der Waals surface area (Å²) in [5.74, 6) is -0.398. The number of aliphatic hydroxyl groups is 1. The summed E-state index contributed by atoms with van der Waals surface area (Å²) in [7, 11) is 0. The van der Waals surface area contributed by atoms with Gasteiger partial charge in [0.1, 0.15) is 5.60 Å². The molecule has 2 aliphatic carbocycles. The van der Waals surface area contributed by atoms with E-state index in [9.17, 15) is 9.90 Å². The van der Waals surface area contributed by atoms with E-state index in [4.69, 9.17) is 4.74 Å². The number of fused-ring (bicyclic) bond motifs is 2. The summed E-state index contributed by atoms with van der Waals surface area (Å²) in [5.41, 5.74) is -0.279. The fraction of sp³-hybridized carbons (Fsp3) is 0.688. The molecule has 3 nitrogen and oxygen atoms in total. The van der Waals surface area contributed by atoms with Crippen molar-refractivity contribution in [3.05, 3.63) is 24.3 Å². The van der Waals surface area contributed by atoms with Gasteiger partial charge in [0.15, 0.2) is 0 Å². The van der Waals surface area contributed by atoms with E-state index in [1.54, 1.807) is 0 Å². The van der Waals surface area contributed by atoms with Gasteiger partial charge < -0.3 is 9.84 Å². The molecule has 0 spiro atoms. The molecule has 0 aromatic rings. The largest absolute Gasteiger partial charge is 0.452 e. The number of hydrogen-bond acceptors (Lipinski definition) is 3. The molecule has 0 aromatic carbocycles. The zero-order valence-electron chi connectivity index (χ0n) is 12.2. The standard InChI is InChI=1S/C16H24O3/c1-5-13(17)19-15(4)9-12-7-6-8-16(10-12,11-15)14(2,3)18/h5,9,18H,1,6-8,10-11H2,2-4H3. The highest BCUT2D eigenvalue weighted by Gasteiger charge is 2.52. The van der Waals surface area contributed by atoms with Crippen molar-refractivity contribution in [3.63, 3.8) is 0 Å². The molecule has 106 valence electrons. The predicted octanol–water partition coefficient (Wildman–Crippen LogP) is 3.14. The van der Waals surface area contributed by atoms with Crippen LogP contribution in [0, 0.1) is 5.41 Å². The number of esters is 1. The Morgan fingerprint density at radius 2 is 2.26 bits per heavy atom. The van der Waals surface area contributed by atoms with Crippen molar-refractivity contribution in [1.29, 1.82) is 0 Å². The second-order valence-corrected chi connectivity index (χ2v) is 6.79. The van der Waals surface area contributed by atoms with Crippen LogP contribution >= 0.6 is 0 Å². The summed E-state index contributed by atoms with van der Waals surface area (Å²) in [5, 5.41) is 10.6. The number of carbonyl (C=O) groups excluding carboxylic acids is 1. The van der Waals surface area contributed by atoms with Gasteiger partial charge in [-0.15, -0.1) is 0 Å². The van der Waals surface area contributed by atoms with Gasteiger partial charge in [0.2, 0.25) is 0 Å². The minimum atomic E-state index is -0.769. The Kier molecular flexibility index (Phi) is 3.38. The van der Waals surface area contributed by atoms with E-state index in [0.717, 1.165) is 25.7 Å². The van der Waals surface area contributed by atoms with Gasteiger partial charge in [-0.25, -0.2) is 4.79 Å². The highest BCUT2D eigenvalue weighted by molar-refractivity contribution is 5.81. The van der Waals surface area contributed by atoms with Gasteiger partial charge >= 0.3 is 5.97 Å². The van der Waals surface area contributed by atoms with E-state index in [2.05, 4.69) is 12.7 Å². The molecule has 0 saturated heterocycles. The molecule has 0 radical (unpaired) electrons. The van der Waals surface area contributed by atoms with E-state index in [0.29, 0.717) is 6.42 Å². The lowest BCUT2D eigenvalue weighted by Crippen LogP contribution is -2.52. The SMILES string of the molecule is C=CC(=O)OC1(C)C=C2CCCC(C(C)(C)O)(C2)C1. The fourth-order valence-electron chi connectivity index (χ4n) is 3.77. The third kappa shape index (κ3) is 2.62. The minimum absolute atomic E-state index is 0.189. The van der Waals surface area contributed by atoms with Crippen LogP contribution in [0.2, 0.25) is 0 Å². The average Bonchev–Trinajstić information content (AvgIpc) is 2.26. The third-order valence-electron chi connectivity index (χ3n) is 4.72. The lowest BCUT2D eigenvalue weighted by Gasteiger charge is -2.53. The van der Waals surface area contributed by atoms with Crippen LogP contribution in [0.5, 0.6) is 0 Å². The molecule has 3 heteroatoms. The molecule has 1 fully saturated rings. The molecule has 0 aromatic heterocycles. The predicted molar refractivity (Wildman–Crippen MR) is 74.6 cm³/mol. The Balaban J connectivity index is 2.35. The number of rotatable bonds is 3. The van der Waals surface area contributed by atoms with Crippen molar-refractivity contribution in [2.45, 2.75) is 64.1 Å². The number of allylic oxidation sites excluding steroid dienone is 1.